The van der Waals surface area contributed by atoms with Crippen molar-refractivity contribution in [3.05, 3.63) is 110 Å². The lowest BCUT2D eigenvalue weighted by Gasteiger charge is -2.23. The Labute approximate surface area is 138 Å². The lowest BCUT2D eigenvalue weighted by Crippen LogP contribution is -2.32. The maximum Gasteiger partial charge on any atom is 0.283 e. The Bertz CT molecular complexity index is 812. The van der Waals surface area contributed by atoms with Crippen molar-refractivity contribution in [1.82, 2.24) is 0 Å². The highest BCUT2D eigenvalue weighted by Gasteiger charge is 2.41. The second kappa shape index (κ2) is 6.08. The monoisotopic (exact) mass is 322 g/mol. The number of nitro benzene ring substituents is 1. The molecule has 0 atom stereocenters. The minimum Gasteiger partial charge on any atom is -0.263 e. The smallest absolute Gasteiger partial charge is 0.263 e. The number of benzene rings is 2. The van der Waals surface area contributed by atoms with Gasteiger partial charge in [-0.15, -0.1) is 0 Å². The van der Waals surface area contributed by atoms with Crippen LogP contribution in [0.25, 0.3) is 0 Å². The molecule has 0 fully saturated rings. The molecule has 6 nitrogen and oxygen atoms in total. The van der Waals surface area contributed by atoms with Crippen LogP contribution in [0.1, 0.15) is 17.0 Å². The normalized spacial score (nSPS) is 22.2. The summed E-state index contributed by atoms with van der Waals surface area (Å²) in [6, 6.07) is 15.0. The van der Waals surface area contributed by atoms with Crippen LogP contribution in [0.4, 0.5) is 5.69 Å². The van der Waals surface area contributed by atoms with E-state index in [-0.39, 0.29) is 16.5 Å². The van der Waals surface area contributed by atoms with E-state index in [0.717, 1.165) is 5.56 Å². The molecule has 0 heterocycles. The Morgan fingerprint density at radius 2 is 1.42 bits per heavy atom. The van der Waals surface area contributed by atoms with Crippen LogP contribution >= 0.6 is 0 Å². The van der Waals surface area contributed by atoms with E-state index < -0.39 is 10.5 Å². The SMILES string of the molecule is O=[N+]([O-])c1ccc(C2C=CC(c3ccccc3)([N+](=O)[O-])C=C2)cc1. The average molecular weight is 322 g/mol. The van der Waals surface area contributed by atoms with Crippen LogP contribution in [0.5, 0.6) is 0 Å². The first-order valence-electron chi connectivity index (χ1n) is 7.36. The quantitative estimate of drug-likeness (QED) is 0.484. The summed E-state index contributed by atoms with van der Waals surface area (Å²) in [5, 5.41) is 22.4. The molecular weight excluding hydrogens is 308 g/mol. The molecule has 0 unspecified atom stereocenters. The second-order valence-electron chi connectivity index (χ2n) is 5.54. The van der Waals surface area contributed by atoms with Crippen molar-refractivity contribution in [3.63, 3.8) is 0 Å². The molecule has 0 aromatic heterocycles. The van der Waals surface area contributed by atoms with Gasteiger partial charge in [0.05, 0.1) is 4.92 Å². The number of nitro groups is 2. The Morgan fingerprint density at radius 1 is 0.833 bits per heavy atom. The third kappa shape index (κ3) is 2.69. The summed E-state index contributed by atoms with van der Waals surface area (Å²) >= 11 is 0. The molecule has 0 spiro atoms. The highest BCUT2D eigenvalue weighted by atomic mass is 16.6. The molecule has 1 aliphatic carbocycles. The van der Waals surface area contributed by atoms with E-state index in [4.69, 9.17) is 0 Å². The van der Waals surface area contributed by atoms with Gasteiger partial charge in [0, 0.05) is 28.5 Å². The minimum atomic E-state index is -1.38. The predicted molar refractivity (Wildman–Crippen MR) is 89.2 cm³/mol. The molecule has 24 heavy (non-hydrogen) atoms. The first-order chi connectivity index (χ1) is 11.5. The van der Waals surface area contributed by atoms with Crippen LogP contribution in [0.3, 0.4) is 0 Å². The van der Waals surface area contributed by atoms with Crippen LogP contribution in [0, 0.1) is 20.2 Å². The van der Waals surface area contributed by atoms with Gasteiger partial charge in [-0.3, -0.25) is 20.2 Å². The van der Waals surface area contributed by atoms with Crippen molar-refractivity contribution < 1.29 is 9.85 Å². The molecule has 6 heteroatoms. The van der Waals surface area contributed by atoms with Crippen LogP contribution in [0.15, 0.2) is 78.9 Å². The highest BCUT2D eigenvalue weighted by Crippen LogP contribution is 2.35. The largest absolute Gasteiger partial charge is 0.283 e. The summed E-state index contributed by atoms with van der Waals surface area (Å²) in [5.41, 5.74) is 0.0765. The summed E-state index contributed by atoms with van der Waals surface area (Å²) in [5.74, 6) is -0.150. The Hall–Kier alpha value is -3.28. The van der Waals surface area contributed by atoms with E-state index >= 15 is 0 Å². The maximum absolute atomic E-state index is 11.7. The maximum atomic E-state index is 11.7. The molecule has 2 aromatic carbocycles. The Balaban J connectivity index is 1.91. The van der Waals surface area contributed by atoms with Crippen molar-refractivity contribution in [2.45, 2.75) is 11.5 Å². The molecule has 3 rings (SSSR count). The summed E-state index contributed by atoms with van der Waals surface area (Å²) in [7, 11) is 0. The first-order valence-corrected chi connectivity index (χ1v) is 7.36. The van der Waals surface area contributed by atoms with E-state index in [1.807, 2.05) is 6.07 Å². The zero-order valence-corrected chi connectivity index (χ0v) is 12.6. The first kappa shape index (κ1) is 15.6. The molecule has 0 N–H and O–H groups in total. The average Bonchev–Trinajstić information content (AvgIpc) is 2.62. The topological polar surface area (TPSA) is 86.3 Å². The standard InChI is InChI=1S/C18H14N2O4/c21-19(22)17-8-6-14(7-9-17)15-10-12-18(13-11-15,20(23)24)16-4-2-1-3-5-16/h1-13,15H. The zero-order chi connectivity index (χ0) is 17.2. The third-order valence-corrected chi connectivity index (χ3v) is 4.14. The Morgan fingerprint density at radius 3 is 1.92 bits per heavy atom. The summed E-state index contributed by atoms with van der Waals surface area (Å²) in [6.45, 7) is 0. The molecule has 0 bridgehead atoms. The van der Waals surface area contributed by atoms with Gasteiger partial charge in [0.25, 0.3) is 11.2 Å². The van der Waals surface area contributed by atoms with Gasteiger partial charge in [0.1, 0.15) is 0 Å². The fourth-order valence-electron chi connectivity index (χ4n) is 2.79. The van der Waals surface area contributed by atoms with Gasteiger partial charge >= 0.3 is 0 Å². The molecule has 0 aliphatic heterocycles. The predicted octanol–water partition coefficient (Wildman–Crippen LogP) is 3.98. The van der Waals surface area contributed by atoms with Crippen molar-refractivity contribution in [1.29, 1.82) is 0 Å². The fourth-order valence-corrected chi connectivity index (χ4v) is 2.79. The van der Waals surface area contributed by atoms with E-state index in [1.54, 1.807) is 60.7 Å². The van der Waals surface area contributed by atoms with E-state index in [9.17, 15) is 20.2 Å². The number of rotatable bonds is 4. The molecule has 0 saturated carbocycles. The molecule has 0 saturated heterocycles. The fraction of sp³-hybridized carbons (Fsp3) is 0.111. The number of nitrogens with zero attached hydrogens (tertiary/aromatic N) is 2. The summed E-state index contributed by atoms with van der Waals surface area (Å²) in [4.78, 5) is 21.6. The van der Waals surface area contributed by atoms with Crippen LogP contribution in [-0.2, 0) is 5.54 Å². The molecule has 2 aromatic rings. The van der Waals surface area contributed by atoms with Crippen molar-refractivity contribution in [2.75, 3.05) is 0 Å². The number of allylic oxidation sites excluding steroid dienone is 2. The van der Waals surface area contributed by atoms with Gasteiger partial charge in [-0.25, -0.2) is 0 Å². The minimum absolute atomic E-state index is 0.0199. The lowest BCUT2D eigenvalue weighted by molar-refractivity contribution is -0.549. The molecule has 120 valence electrons. The van der Waals surface area contributed by atoms with E-state index in [0.29, 0.717) is 5.56 Å². The van der Waals surface area contributed by atoms with Crippen LogP contribution < -0.4 is 0 Å². The van der Waals surface area contributed by atoms with Gasteiger partial charge < -0.3 is 0 Å². The van der Waals surface area contributed by atoms with Crippen molar-refractivity contribution in [2.24, 2.45) is 0 Å². The lowest BCUT2D eigenvalue weighted by atomic mass is 9.82. The molecule has 1 aliphatic rings. The van der Waals surface area contributed by atoms with Crippen LogP contribution in [0.2, 0.25) is 0 Å². The Kier molecular flexibility index (Phi) is 3.95. The number of hydrogen-bond acceptors (Lipinski definition) is 4. The van der Waals surface area contributed by atoms with Gasteiger partial charge in [-0.05, 0) is 17.7 Å². The van der Waals surface area contributed by atoms with Gasteiger partial charge in [0.2, 0.25) is 0 Å². The van der Waals surface area contributed by atoms with Crippen LogP contribution in [-0.4, -0.2) is 9.85 Å². The van der Waals surface area contributed by atoms with Gasteiger partial charge in [-0.1, -0.05) is 54.6 Å². The van der Waals surface area contributed by atoms with Crippen molar-refractivity contribution >= 4 is 5.69 Å². The second-order valence-corrected chi connectivity index (χ2v) is 5.54. The van der Waals surface area contributed by atoms with Crippen molar-refractivity contribution in [3.8, 4) is 0 Å². The number of non-ortho nitro benzene ring substituents is 1. The van der Waals surface area contributed by atoms with E-state index in [2.05, 4.69) is 0 Å². The van der Waals surface area contributed by atoms with Gasteiger partial charge in [-0.2, -0.15) is 0 Å². The summed E-state index contributed by atoms with van der Waals surface area (Å²) in [6.07, 6.45) is 6.68. The zero-order valence-electron chi connectivity index (χ0n) is 12.6. The molecule has 0 radical (unpaired) electrons. The molecular formula is C18H14N2O4. The highest BCUT2D eigenvalue weighted by molar-refractivity contribution is 5.43. The van der Waals surface area contributed by atoms with Gasteiger partial charge in [0.15, 0.2) is 0 Å². The number of hydrogen-bond donors (Lipinski definition) is 0. The van der Waals surface area contributed by atoms with E-state index in [1.165, 1.54) is 12.1 Å². The molecule has 0 amide bonds. The summed E-state index contributed by atoms with van der Waals surface area (Å²) < 4.78 is 0. The third-order valence-electron chi connectivity index (χ3n) is 4.14.